The molecule has 0 aliphatic heterocycles. The molecule has 0 aromatic heterocycles. The molecule has 124 valence electrons. The van der Waals surface area contributed by atoms with Gasteiger partial charge in [-0.2, -0.15) is 0 Å². The average Bonchev–Trinajstić information content (AvgIpc) is 2.50. The molecule has 23 heavy (non-hydrogen) atoms. The number of methoxy groups -OCH3 is 1. The van der Waals surface area contributed by atoms with Gasteiger partial charge in [0, 0.05) is 29.6 Å². The minimum absolute atomic E-state index is 0.448. The Morgan fingerprint density at radius 1 is 1.00 bits per heavy atom. The molecule has 0 radical (unpaired) electrons. The van der Waals surface area contributed by atoms with E-state index >= 15 is 0 Å². The predicted octanol–water partition coefficient (Wildman–Crippen LogP) is 5.65. The van der Waals surface area contributed by atoms with Gasteiger partial charge < -0.3 is 9.64 Å². The van der Waals surface area contributed by atoms with E-state index < -0.39 is 0 Å². The minimum Gasteiger partial charge on any atom is -0.496 e. The quantitative estimate of drug-likeness (QED) is 0.703. The molecule has 0 saturated carbocycles. The van der Waals surface area contributed by atoms with E-state index in [1.54, 1.807) is 7.11 Å². The Morgan fingerprint density at radius 2 is 1.61 bits per heavy atom. The highest BCUT2D eigenvalue weighted by Crippen LogP contribution is 2.38. The van der Waals surface area contributed by atoms with E-state index in [9.17, 15) is 0 Å². The number of rotatable bonds is 5. The average molecular weight is 330 g/mol. The lowest BCUT2D eigenvalue weighted by Gasteiger charge is -2.18. The van der Waals surface area contributed by atoms with E-state index in [1.165, 1.54) is 32.2 Å². The number of benzene rings is 2. The second-order valence-corrected chi connectivity index (χ2v) is 7.55. The highest BCUT2D eigenvalue weighted by Gasteiger charge is 2.12. The first-order valence-corrected chi connectivity index (χ1v) is 8.79. The van der Waals surface area contributed by atoms with Crippen molar-refractivity contribution in [2.45, 2.75) is 43.4 Å². The molecule has 0 aliphatic rings. The topological polar surface area (TPSA) is 12.5 Å². The Kier molecular flexibility index (Phi) is 5.64. The van der Waals surface area contributed by atoms with Gasteiger partial charge in [-0.05, 0) is 66.8 Å². The number of hydrogen-bond donors (Lipinski definition) is 0. The molecule has 3 heteroatoms. The molecule has 0 aliphatic carbocycles. The molecule has 2 rings (SSSR count). The molecule has 2 nitrogen and oxygen atoms in total. The third-order valence-corrected chi connectivity index (χ3v) is 5.34. The summed E-state index contributed by atoms with van der Waals surface area (Å²) in [5.74, 6) is 1.42. The summed E-state index contributed by atoms with van der Waals surface area (Å²) < 4.78 is 5.49. The Balaban J connectivity index is 2.38. The number of hydrogen-bond acceptors (Lipinski definition) is 3. The molecule has 0 heterocycles. The van der Waals surface area contributed by atoms with Crippen LogP contribution in [0.15, 0.2) is 40.1 Å². The second kappa shape index (κ2) is 7.31. The van der Waals surface area contributed by atoms with Crippen molar-refractivity contribution < 1.29 is 4.74 Å². The Labute approximate surface area is 144 Å². The van der Waals surface area contributed by atoms with Crippen LogP contribution in [0.2, 0.25) is 0 Å². The van der Waals surface area contributed by atoms with Crippen molar-refractivity contribution in [1.29, 1.82) is 0 Å². The number of anilines is 1. The van der Waals surface area contributed by atoms with Crippen molar-refractivity contribution in [1.82, 2.24) is 0 Å². The van der Waals surface area contributed by atoms with Gasteiger partial charge in [0.05, 0.1) is 7.11 Å². The fourth-order valence-corrected chi connectivity index (χ4v) is 3.69. The molecule has 2 aromatic carbocycles. The summed E-state index contributed by atoms with van der Waals surface area (Å²) in [7, 11) is 5.90. The van der Waals surface area contributed by atoms with Gasteiger partial charge in [0.25, 0.3) is 0 Å². The third-order valence-electron chi connectivity index (χ3n) is 4.00. The smallest absolute Gasteiger partial charge is 0.122 e. The van der Waals surface area contributed by atoms with Gasteiger partial charge in [-0.1, -0.05) is 25.6 Å². The van der Waals surface area contributed by atoms with E-state index in [0.29, 0.717) is 5.92 Å². The van der Waals surface area contributed by atoms with Gasteiger partial charge in [-0.3, -0.25) is 0 Å². The molecule has 0 atom stereocenters. The van der Waals surface area contributed by atoms with Crippen LogP contribution in [0, 0.1) is 13.8 Å². The van der Waals surface area contributed by atoms with E-state index in [-0.39, 0.29) is 0 Å². The monoisotopic (exact) mass is 329 g/mol. The van der Waals surface area contributed by atoms with E-state index in [4.69, 9.17) is 4.74 Å². The van der Waals surface area contributed by atoms with Crippen LogP contribution in [-0.2, 0) is 0 Å². The van der Waals surface area contributed by atoms with Gasteiger partial charge in [0.15, 0.2) is 0 Å². The van der Waals surface area contributed by atoms with Crippen LogP contribution in [0.5, 0.6) is 5.75 Å². The Hall–Kier alpha value is -1.61. The zero-order chi connectivity index (χ0) is 17.1. The summed E-state index contributed by atoms with van der Waals surface area (Å²) >= 11 is 1.84. The van der Waals surface area contributed by atoms with E-state index in [1.807, 2.05) is 11.8 Å². The number of ether oxygens (including phenoxy) is 1. The maximum absolute atomic E-state index is 5.49. The molecule has 0 unspecified atom stereocenters. The van der Waals surface area contributed by atoms with Crippen LogP contribution in [0.4, 0.5) is 5.69 Å². The molecule has 2 aromatic rings. The summed E-state index contributed by atoms with van der Waals surface area (Å²) in [4.78, 5) is 4.76. The molecule has 0 N–H and O–H groups in total. The number of nitrogens with zero attached hydrogens (tertiary/aromatic N) is 1. The molecule has 0 spiro atoms. The van der Waals surface area contributed by atoms with Crippen molar-refractivity contribution in [2.24, 2.45) is 0 Å². The first-order chi connectivity index (χ1) is 10.8. The first-order valence-electron chi connectivity index (χ1n) is 7.97. The SMILES string of the molecule is COc1ccc(Sc2c(C)cc(N(C)C)cc2C)cc1C(C)C. The largest absolute Gasteiger partial charge is 0.496 e. The molecular weight excluding hydrogens is 302 g/mol. The van der Waals surface area contributed by atoms with Crippen LogP contribution < -0.4 is 9.64 Å². The highest BCUT2D eigenvalue weighted by atomic mass is 32.2. The van der Waals surface area contributed by atoms with Gasteiger partial charge >= 0.3 is 0 Å². The van der Waals surface area contributed by atoms with Gasteiger partial charge in [0.2, 0.25) is 0 Å². The Morgan fingerprint density at radius 3 is 2.09 bits per heavy atom. The Bertz CT molecular complexity index is 669. The normalized spacial score (nSPS) is 11.0. The fraction of sp³-hybridized carbons (Fsp3) is 0.400. The van der Waals surface area contributed by atoms with Gasteiger partial charge in [0.1, 0.15) is 5.75 Å². The summed E-state index contributed by atoms with van der Waals surface area (Å²) in [6.45, 7) is 8.79. The van der Waals surface area contributed by atoms with Crippen molar-refractivity contribution in [2.75, 3.05) is 26.1 Å². The lowest BCUT2D eigenvalue weighted by atomic mass is 10.0. The predicted molar refractivity (Wildman–Crippen MR) is 101 cm³/mol. The zero-order valence-electron chi connectivity index (χ0n) is 15.2. The van der Waals surface area contributed by atoms with Crippen molar-refractivity contribution >= 4 is 17.4 Å². The highest BCUT2D eigenvalue weighted by molar-refractivity contribution is 7.99. The van der Waals surface area contributed by atoms with Crippen LogP contribution in [0.1, 0.15) is 36.5 Å². The lowest BCUT2D eigenvalue weighted by Crippen LogP contribution is -2.09. The molecule has 0 fully saturated rings. The van der Waals surface area contributed by atoms with E-state index in [2.05, 4.69) is 77.0 Å². The third kappa shape index (κ3) is 4.03. The van der Waals surface area contributed by atoms with Crippen LogP contribution in [0.3, 0.4) is 0 Å². The lowest BCUT2D eigenvalue weighted by molar-refractivity contribution is 0.407. The molecule has 0 bridgehead atoms. The standard InChI is InChI=1S/C20H27NOS/c1-13(2)18-12-17(8-9-19(18)22-7)23-20-14(3)10-16(21(5)6)11-15(20)4/h8-13H,1-7H3. The maximum Gasteiger partial charge on any atom is 0.122 e. The summed E-state index contributed by atoms with van der Waals surface area (Å²) in [5.41, 5.74) is 5.15. The van der Waals surface area contributed by atoms with E-state index in [0.717, 1.165) is 5.75 Å². The first kappa shape index (κ1) is 17.7. The molecular formula is C20H27NOS. The van der Waals surface area contributed by atoms with Crippen LogP contribution >= 0.6 is 11.8 Å². The van der Waals surface area contributed by atoms with Crippen molar-refractivity contribution in [3.63, 3.8) is 0 Å². The van der Waals surface area contributed by atoms with Crippen molar-refractivity contribution in [3.8, 4) is 5.75 Å². The second-order valence-electron chi connectivity index (χ2n) is 6.46. The zero-order valence-corrected chi connectivity index (χ0v) is 16.0. The maximum atomic E-state index is 5.49. The van der Waals surface area contributed by atoms with Gasteiger partial charge in [-0.25, -0.2) is 0 Å². The van der Waals surface area contributed by atoms with Gasteiger partial charge in [-0.15, -0.1) is 0 Å². The minimum atomic E-state index is 0.448. The summed E-state index contributed by atoms with van der Waals surface area (Å²) in [6.07, 6.45) is 0. The van der Waals surface area contributed by atoms with Crippen LogP contribution in [0.25, 0.3) is 0 Å². The molecule has 0 amide bonds. The van der Waals surface area contributed by atoms with Crippen molar-refractivity contribution in [3.05, 3.63) is 47.0 Å². The summed E-state index contributed by atoms with van der Waals surface area (Å²) in [6, 6.07) is 11.0. The summed E-state index contributed by atoms with van der Waals surface area (Å²) in [5, 5.41) is 0. The number of aryl methyl sites for hydroxylation is 2. The van der Waals surface area contributed by atoms with Crippen LogP contribution in [-0.4, -0.2) is 21.2 Å². The molecule has 0 saturated heterocycles. The fourth-order valence-electron chi connectivity index (χ4n) is 2.69.